The van der Waals surface area contributed by atoms with E-state index in [1.807, 2.05) is 0 Å². The summed E-state index contributed by atoms with van der Waals surface area (Å²) in [7, 11) is 0. The van der Waals surface area contributed by atoms with Crippen molar-refractivity contribution in [3.8, 4) is 0 Å². The second-order valence-corrected chi connectivity index (χ2v) is 4.99. The molecule has 1 aliphatic heterocycles. The molecule has 2 N–H and O–H groups in total. The van der Waals surface area contributed by atoms with Crippen LogP contribution in [0.25, 0.3) is 0 Å². The van der Waals surface area contributed by atoms with E-state index in [2.05, 4.69) is 15.9 Å². The third kappa shape index (κ3) is 2.26. The normalized spacial score (nSPS) is 19.3. The van der Waals surface area contributed by atoms with E-state index in [0.717, 1.165) is 0 Å². The summed E-state index contributed by atoms with van der Waals surface area (Å²) in [5, 5.41) is 18.1. The topological polar surface area (TPSA) is 77.8 Å². The summed E-state index contributed by atoms with van der Waals surface area (Å²) in [6.07, 6.45) is 0.292. The molecule has 0 spiro atoms. The van der Waals surface area contributed by atoms with Gasteiger partial charge >= 0.3 is 5.97 Å². The van der Waals surface area contributed by atoms with Crippen molar-refractivity contribution in [1.29, 1.82) is 0 Å². The Morgan fingerprint density at radius 1 is 1.50 bits per heavy atom. The number of aliphatic hydroxyl groups excluding tert-OH is 1. The van der Waals surface area contributed by atoms with Crippen LogP contribution in [0, 0.1) is 5.92 Å². The molecule has 0 saturated carbocycles. The van der Waals surface area contributed by atoms with Crippen molar-refractivity contribution in [2.75, 3.05) is 18.1 Å². The van der Waals surface area contributed by atoms with Crippen molar-refractivity contribution in [1.82, 2.24) is 0 Å². The standard InChI is InChI=1S/C12H12BrNO4/c13-11-8(12(17)18)2-1-3-9(11)14-5-7(6-15)4-10(14)16/h1-3,7,15H,4-6H2,(H,17,18). The lowest BCUT2D eigenvalue weighted by molar-refractivity contribution is -0.117. The summed E-state index contributed by atoms with van der Waals surface area (Å²) < 4.78 is 0.393. The summed E-state index contributed by atoms with van der Waals surface area (Å²) in [6.45, 7) is 0.371. The number of halogens is 1. The Morgan fingerprint density at radius 3 is 2.78 bits per heavy atom. The van der Waals surface area contributed by atoms with E-state index in [4.69, 9.17) is 10.2 Å². The summed E-state index contributed by atoms with van der Waals surface area (Å²) in [4.78, 5) is 24.4. The van der Waals surface area contributed by atoms with Gasteiger partial charge in [0.2, 0.25) is 5.91 Å². The van der Waals surface area contributed by atoms with Crippen molar-refractivity contribution >= 4 is 33.5 Å². The second kappa shape index (κ2) is 5.07. The molecule has 18 heavy (non-hydrogen) atoms. The Balaban J connectivity index is 2.37. The van der Waals surface area contributed by atoms with Gasteiger partial charge in [-0.1, -0.05) is 6.07 Å². The zero-order valence-corrected chi connectivity index (χ0v) is 11.1. The fraction of sp³-hybridized carbons (Fsp3) is 0.333. The molecule has 0 bridgehead atoms. The first-order chi connectivity index (χ1) is 8.54. The van der Waals surface area contributed by atoms with Gasteiger partial charge in [0.05, 0.1) is 15.7 Å². The maximum absolute atomic E-state index is 11.8. The third-order valence-electron chi connectivity index (χ3n) is 2.96. The summed E-state index contributed by atoms with van der Waals surface area (Å²) in [5.74, 6) is -1.23. The van der Waals surface area contributed by atoms with Crippen LogP contribution in [0.2, 0.25) is 0 Å². The molecule has 2 rings (SSSR count). The molecule has 1 aromatic carbocycles. The minimum absolute atomic E-state index is 0.0432. The fourth-order valence-electron chi connectivity index (χ4n) is 2.03. The van der Waals surface area contributed by atoms with Crippen molar-refractivity contribution < 1.29 is 19.8 Å². The number of aliphatic hydroxyl groups is 1. The SMILES string of the molecule is O=C(O)c1cccc(N2CC(CO)CC2=O)c1Br. The molecule has 0 aromatic heterocycles. The largest absolute Gasteiger partial charge is 0.478 e. The molecular weight excluding hydrogens is 302 g/mol. The molecule has 1 amide bonds. The molecule has 1 aromatic rings. The Hall–Kier alpha value is -1.40. The molecule has 1 atom stereocenters. The van der Waals surface area contributed by atoms with E-state index >= 15 is 0 Å². The van der Waals surface area contributed by atoms with Crippen molar-refractivity contribution in [3.63, 3.8) is 0 Å². The lowest BCUT2D eigenvalue weighted by atomic mass is 10.1. The monoisotopic (exact) mass is 313 g/mol. The number of rotatable bonds is 3. The lowest BCUT2D eigenvalue weighted by Gasteiger charge is -2.19. The average molecular weight is 314 g/mol. The van der Waals surface area contributed by atoms with Crippen LogP contribution < -0.4 is 4.90 Å². The number of benzene rings is 1. The Labute approximate surface area is 112 Å². The second-order valence-electron chi connectivity index (χ2n) is 4.20. The first-order valence-electron chi connectivity index (χ1n) is 5.47. The van der Waals surface area contributed by atoms with Crippen LogP contribution >= 0.6 is 15.9 Å². The van der Waals surface area contributed by atoms with Gasteiger partial charge in [-0.3, -0.25) is 4.79 Å². The van der Waals surface area contributed by atoms with Crippen molar-refractivity contribution in [2.24, 2.45) is 5.92 Å². The molecular formula is C12H12BrNO4. The van der Waals surface area contributed by atoms with Gasteiger partial charge in [-0.15, -0.1) is 0 Å². The maximum Gasteiger partial charge on any atom is 0.336 e. The van der Waals surface area contributed by atoms with Gasteiger partial charge in [-0.2, -0.15) is 0 Å². The molecule has 0 radical (unpaired) electrons. The lowest BCUT2D eigenvalue weighted by Crippen LogP contribution is -2.25. The summed E-state index contributed by atoms with van der Waals surface area (Å²) >= 11 is 3.22. The molecule has 1 fully saturated rings. The number of aromatic carboxylic acids is 1. The Morgan fingerprint density at radius 2 is 2.22 bits per heavy atom. The molecule has 5 nitrogen and oxygen atoms in total. The first-order valence-corrected chi connectivity index (χ1v) is 6.27. The number of amides is 1. The number of carboxylic acid groups (broad SMARTS) is 1. The van der Waals surface area contributed by atoms with Gasteiger partial charge < -0.3 is 15.1 Å². The number of carbonyl (C=O) groups excluding carboxylic acids is 1. The highest BCUT2D eigenvalue weighted by atomic mass is 79.9. The van der Waals surface area contributed by atoms with Gasteiger partial charge in [0.25, 0.3) is 0 Å². The highest BCUT2D eigenvalue weighted by Crippen LogP contribution is 2.33. The van der Waals surface area contributed by atoms with Gasteiger partial charge in [-0.25, -0.2) is 4.79 Å². The Bertz CT molecular complexity index is 503. The zero-order chi connectivity index (χ0) is 13.3. The number of nitrogens with zero attached hydrogens (tertiary/aromatic N) is 1. The first kappa shape index (κ1) is 13.0. The number of carbonyl (C=O) groups is 2. The van der Waals surface area contributed by atoms with E-state index in [1.54, 1.807) is 12.1 Å². The number of anilines is 1. The zero-order valence-electron chi connectivity index (χ0n) is 9.47. The maximum atomic E-state index is 11.8. The molecule has 1 heterocycles. The molecule has 6 heteroatoms. The van der Waals surface area contributed by atoms with Crippen LogP contribution in [0.3, 0.4) is 0 Å². The van der Waals surface area contributed by atoms with E-state index in [0.29, 0.717) is 23.1 Å². The number of hydrogen-bond acceptors (Lipinski definition) is 3. The molecule has 1 aliphatic rings. The molecule has 96 valence electrons. The highest BCUT2D eigenvalue weighted by Gasteiger charge is 2.31. The molecule has 1 saturated heterocycles. The number of hydrogen-bond donors (Lipinski definition) is 2. The predicted octanol–water partition coefficient (Wildman–Crippen LogP) is 1.49. The smallest absolute Gasteiger partial charge is 0.336 e. The molecule has 0 aliphatic carbocycles. The van der Waals surface area contributed by atoms with Crippen LogP contribution in [-0.2, 0) is 4.79 Å². The summed E-state index contributed by atoms with van der Waals surface area (Å²) in [6, 6.07) is 4.76. The third-order valence-corrected chi connectivity index (χ3v) is 3.80. The van der Waals surface area contributed by atoms with Gasteiger partial charge in [0, 0.05) is 25.5 Å². The minimum Gasteiger partial charge on any atom is -0.478 e. The van der Waals surface area contributed by atoms with Gasteiger partial charge in [0.1, 0.15) is 0 Å². The van der Waals surface area contributed by atoms with Crippen LogP contribution in [-0.4, -0.2) is 35.2 Å². The van der Waals surface area contributed by atoms with E-state index < -0.39 is 5.97 Å². The van der Waals surface area contributed by atoms with Gasteiger partial charge in [-0.05, 0) is 28.1 Å². The van der Waals surface area contributed by atoms with E-state index in [1.165, 1.54) is 11.0 Å². The van der Waals surface area contributed by atoms with E-state index in [-0.39, 0.29) is 24.0 Å². The van der Waals surface area contributed by atoms with Crippen molar-refractivity contribution in [3.05, 3.63) is 28.2 Å². The molecule has 1 unspecified atom stereocenters. The Kier molecular flexibility index (Phi) is 3.68. The quantitative estimate of drug-likeness (QED) is 0.886. The van der Waals surface area contributed by atoms with E-state index in [9.17, 15) is 9.59 Å². The van der Waals surface area contributed by atoms with Crippen molar-refractivity contribution in [2.45, 2.75) is 6.42 Å². The summed E-state index contributed by atoms with van der Waals surface area (Å²) in [5.41, 5.74) is 0.656. The van der Waals surface area contributed by atoms with Gasteiger partial charge in [0.15, 0.2) is 0 Å². The predicted molar refractivity (Wildman–Crippen MR) is 68.6 cm³/mol. The average Bonchev–Trinajstić information content (AvgIpc) is 2.70. The van der Waals surface area contributed by atoms with Crippen LogP contribution in [0.5, 0.6) is 0 Å². The minimum atomic E-state index is -1.05. The highest BCUT2D eigenvalue weighted by molar-refractivity contribution is 9.10. The van der Waals surface area contributed by atoms with Crippen LogP contribution in [0.1, 0.15) is 16.8 Å². The fourth-order valence-corrected chi connectivity index (χ4v) is 2.68. The van der Waals surface area contributed by atoms with Crippen LogP contribution in [0.4, 0.5) is 5.69 Å². The van der Waals surface area contributed by atoms with Crippen LogP contribution in [0.15, 0.2) is 22.7 Å². The number of carboxylic acids is 1.